The van der Waals surface area contributed by atoms with Crippen molar-refractivity contribution >= 4 is 21.6 Å². The maximum Gasteiger partial charge on any atom is 0.265 e. The number of nitrogens with zero attached hydrogens (tertiary/aromatic N) is 3. The van der Waals surface area contributed by atoms with E-state index in [1.165, 1.54) is 10.9 Å². The largest absolute Gasteiger partial charge is 0.339 e. The standard InChI is InChI=1S/C16H20N4O3S/c1-12-15(11-19(2)17-12)24(22,23)18-14-7-5-13(6-8-14)16(21)20-9-3-4-10-20/h5-8,11,18H,3-4,9-10H2,1-2H3. The molecule has 1 saturated heterocycles. The van der Waals surface area contributed by atoms with Crippen LogP contribution in [0.1, 0.15) is 28.9 Å². The molecule has 8 heteroatoms. The zero-order chi connectivity index (χ0) is 17.3. The highest BCUT2D eigenvalue weighted by Crippen LogP contribution is 2.20. The van der Waals surface area contributed by atoms with E-state index < -0.39 is 10.0 Å². The fourth-order valence-electron chi connectivity index (χ4n) is 2.84. The van der Waals surface area contributed by atoms with Gasteiger partial charge in [0.1, 0.15) is 4.90 Å². The lowest BCUT2D eigenvalue weighted by molar-refractivity contribution is 0.0793. The maximum atomic E-state index is 12.4. The number of benzene rings is 1. The van der Waals surface area contributed by atoms with Gasteiger partial charge in [0.2, 0.25) is 0 Å². The molecule has 1 amide bonds. The Hall–Kier alpha value is -2.35. The van der Waals surface area contributed by atoms with Crippen molar-refractivity contribution in [1.82, 2.24) is 14.7 Å². The molecule has 0 spiro atoms. The number of carbonyl (C=O) groups is 1. The minimum atomic E-state index is -3.70. The second-order valence-electron chi connectivity index (χ2n) is 5.93. The minimum absolute atomic E-state index is 0.00925. The van der Waals surface area contributed by atoms with Crippen LogP contribution < -0.4 is 4.72 Å². The Bertz CT molecular complexity index is 850. The van der Waals surface area contributed by atoms with E-state index in [2.05, 4.69) is 9.82 Å². The molecule has 7 nitrogen and oxygen atoms in total. The van der Waals surface area contributed by atoms with Crippen molar-refractivity contribution in [2.24, 2.45) is 7.05 Å². The number of carbonyl (C=O) groups excluding carboxylic acids is 1. The highest BCUT2D eigenvalue weighted by atomic mass is 32.2. The smallest absolute Gasteiger partial charge is 0.265 e. The summed E-state index contributed by atoms with van der Waals surface area (Å²) in [5.74, 6) is -0.00925. The summed E-state index contributed by atoms with van der Waals surface area (Å²) in [7, 11) is -2.03. The molecule has 1 aliphatic rings. The third-order valence-electron chi connectivity index (χ3n) is 4.04. The molecule has 1 aliphatic heterocycles. The lowest BCUT2D eigenvalue weighted by Crippen LogP contribution is -2.27. The summed E-state index contributed by atoms with van der Waals surface area (Å²) >= 11 is 0. The Kier molecular flexibility index (Phi) is 4.31. The van der Waals surface area contributed by atoms with Gasteiger partial charge in [0.05, 0.1) is 5.69 Å². The molecule has 2 heterocycles. The summed E-state index contributed by atoms with van der Waals surface area (Å²) in [6.45, 7) is 3.22. The van der Waals surface area contributed by atoms with E-state index in [4.69, 9.17) is 0 Å². The third kappa shape index (κ3) is 3.28. The summed E-state index contributed by atoms with van der Waals surface area (Å²) in [5.41, 5.74) is 1.42. The fraction of sp³-hybridized carbons (Fsp3) is 0.375. The topological polar surface area (TPSA) is 84.3 Å². The van der Waals surface area contributed by atoms with Gasteiger partial charge in [-0.15, -0.1) is 0 Å². The van der Waals surface area contributed by atoms with Crippen LogP contribution in [0.25, 0.3) is 0 Å². The first kappa shape index (κ1) is 16.5. The summed E-state index contributed by atoms with van der Waals surface area (Å²) in [6.07, 6.45) is 3.53. The molecule has 0 unspecified atom stereocenters. The van der Waals surface area contributed by atoms with E-state index in [9.17, 15) is 13.2 Å². The number of likely N-dealkylation sites (tertiary alicyclic amines) is 1. The Balaban J connectivity index is 1.76. The van der Waals surface area contributed by atoms with Crippen molar-refractivity contribution in [2.45, 2.75) is 24.7 Å². The zero-order valence-corrected chi connectivity index (χ0v) is 14.5. The predicted molar refractivity (Wildman–Crippen MR) is 90.3 cm³/mol. The molecule has 0 atom stereocenters. The van der Waals surface area contributed by atoms with E-state index in [0.717, 1.165) is 25.9 Å². The van der Waals surface area contributed by atoms with Crippen LogP contribution in [0.5, 0.6) is 0 Å². The van der Waals surface area contributed by atoms with Crippen molar-refractivity contribution < 1.29 is 13.2 Å². The number of hydrogen-bond donors (Lipinski definition) is 1. The number of sulfonamides is 1. The number of aromatic nitrogens is 2. The first-order valence-electron chi connectivity index (χ1n) is 7.79. The van der Waals surface area contributed by atoms with Crippen LogP contribution in [0.3, 0.4) is 0 Å². The molecule has 0 aliphatic carbocycles. The van der Waals surface area contributed by atoms with Gasteiger partial charge >= 0.3 is 0 Å². The number of nitrogens with one attached hydrogen (secondary N) is 1. The molecular formula is C16H20N4O3S. The Labute approximate surface area is 141 Å². The van der Waals surface area contributed by atoms with E-state index in [1.807, 2.05) is 4.90 Å². The van der Waals surface area contributed by atoms with E-state index >= 15 is 0 Å². The maximum absolute atomic E-state index is 12.4. The number of hydrogen-bond acceptors (Lipinski definition) is 4. The molecule has 0 saturated carbocycles. The molecule has 0 bridgehead atoms. The van der Waals surface area contributed by atoms with Crippen molar-refractivity contribution in [2.75, 3.05) is 17.8 Å². The quantitative estimate of drug-likeness (QED) is 0.912. The van der Waals surface area contributed by atoms with Gasteiger partial charge < -0.3 is 4.90 Å². The van der Waals surface area contributed by atoms with Crippen LogP contribution in [0, 0.1) is 6.92 Å². The second kappa shape index (κ2) is 6.27. The minimum Gasteiger partial charge on any atom is -0.339 e. The van der Waals surface area contributed by atoms with Gasteiger partial charge in [-0.05, 0) is 44.0 Å². The first-order valence-corrected chi connectivity index (χ1v) is 9.27. The van der Waals surface area contributed by atoms with Crippen molar-refractivity contribution in [1.29, 1.82) is 0 Å². The average Bonchev–Trinajstić information content (AvgIpc) is 3.17. The molecule has 1 aromatic heterocycles. The van der Waals surface area contributed by atoms with Crippen LogP contribution in [0.2, 0.25) is 0 Å². The Morgan fingerprint density at radius 3 is 2.33 bits per heavy atom. The Morgan fingerprint density at radius 2 is 1.79 bits per heavy atom. The molecule has 1 N–H and O–H groups in total. The highest BCUT2D eigenvalue weighted by Gasteiger charge is 2.21. The number of amides is 1. The average molecular weight is 348 g/mol. The molecular weight excluding hydrogens is 328 g/mol. The molecule has 1 aromatic carbocycles. The van der Waals surface area contributed by atoms with E-state index in [0.29, 0.717) is 16.9 Å². The van der Waals surface area contributed by atoms with Gasteiger partial charge in [0.15, 0.2) is 0 Å². The predicted octanol–water partition coefficient (Wildman–Crippen LogP) is 1.77. The van der Waals surface area contributed by atoms with Crippen molar-refractivity contribution in [3.8, 4) is 0 Å². The fourth-order valence-corrected chi connectivity index (χ4v) is 4.11. The van der Waals surface area contributed by atoms with Gasteiger partial charge in [-0.25, -0.2) is 8.42 Å². The molecule has 1 fully saturated rings. The summed E-state index contributed by atoms with van der Waals surface area (Å²) in [4.78, 5) is 14.2. The number of aryl methyl sites for hydroxylation is 2. The van der Waals surface area contributed by atoms with Crippen LogP contribution >= 0.6 is 0 Å². The molecule has 128 valence electrons. The Morgan fingerprint density at radius 1 is 1.17 bits per heavy atom. The van der Waals surface area contributed by atoms with Crippen molar-refractivity contribution in [3.05, 3.63) is 41.7 Å². The monoisotopic (exact) mass is 348 g/mol. The zero-order valence-electron chi connectivity index (χ0n) is 13.7. The van der Waals surface area contributed by atoms with Crippen molar-refractivity contribution in [3.63, 3.8) is 0 Å². The second-order valence-corrected chi connectivity index (χ2v) is 7.59. The molecule has 3 rings (SSSR count). The molecule has 2 aromatic rings. The van der Waals surface area contributed by atoms with Gasteiger partial charge in [0, 0.05) is 37.6 Å². The summed E-state index contributed by atoms with van der Waals surface area (Å²) in [5, 5.41) is 4.05. The third-order valence-corrected chi connectivity index (χ3v) is 5.52. The van der Waals surface area contributed by atoms with Crippen LogP contribution in [0.4, 0.5) is 5.69 Å². The number of anilines is 1. The van der Waals surface area contributed by atoms with E-state index in [-0.39, 0.29) is 10.8 Å². The SMILES string of the molecule is Cc1nn(C)cc1S(=O)(=O)Nc1ccc(C(=O)N2CCCC2)cc1. The van der Waals surface area contributed by atoms with Crippen LogP contribution in [-0.2, 0) is 17.1 Å². The van der Waals surface area contributed by atoms with Crippen LogP contribution in [-0.4, -0.2) is 42.1 Å². The van der Waals surface area contributed by atoms with Gasteiger partial charge in [0.25, 0.3) is 15.9 Å². The first-order chi connectivity index (χ1) is 11.4. The van der Waals surface area contributed by atoms with Gasteiger partial charge in [-0.1, -0.05) is 0 Å². The summed E-state index contributed by atoms with van der Waals surface area (Å²) < 4.78 is 28.8. The van der Waals surface area contributed by atoms with Gasteiger partial charge in [-0.3, -0.25) is 14.2 Å². The highest BCUT2D eigenvalue weighted by molar-refractivity contribution is 7.92. The molecule has 0 radical (unpaired) electrons. The van der Waals surface area contributed by atoms with E-state index in [1.54, 1.807) is 38.2 Å². The van der Waals surface area contributed by atoms with Gasteiger partial charge in [-0.2, -0.15) is 5.10 Å². The summed E-state index contributed by atoms with van der Waals surface area (Å²) in [6, 6.07) is 6.50. The number of rotatable bonds is 4. The lowest BCUT2D eigenvalue weighted by Gasteiger charge is -2.15. The normalized spacial score (nSPS) is 14.8. The molecule has 24 heavy (non-hydrogen) atoms. The van der Waals surface area contributed by atoms with Crippen LogP contribution in [0.15, 0.2) is 35.4 Å². The lowest BCUT2D eigenvalue weighted by atomic mass is 10.2.